The maximum absolute atomic E-state index is 10.4. The molecule has 0 aliphatic carbocycles. The molecule has 4 unspecified atom stereocenters. The second-order valence-electron chi connectivity index (χ2n) is 7.04. The molecule has 0 aliphatic rings. The molecule has 4 atom stereocenters. The van der Waals surface area contributed by atoms with Crippen molar-refractivity contribution in [2.75, 3.05) is 53.5 Å². The zero-order chi connectivity index (χ0) is 31.6. The first kappa shape index (κ1) is 45.6. The molecular weight excluding hydrogens is 660 g/mol. The highest BCUT2D eigenvalue weighted by atomic mass is 33.1. The monoisotopic (exact) mass is 702 g/mol. The Balaban J connectivity index is -0.000000514. The summed E-state index contributed by atoms with van der Waals surface area (Å²) in [5.41, 5.74) is 0. The van der Waals surface area contributed by atoms with Gasteiger partial charge in [0.05, 0.1) is 0 Å². The van der Waals surface area contributed by atoms with Crippen LogP contribution >= 0.6 is 52.9 Å². The van der Waals surface area contributed by atoms with Gasteiger partial charge in [0.15, 0.2) is 13.6 Å². The van der Waals surface area contributed by atoms with Crippen LogP contribution in [0.15, 0.2) is 0 Å². The molecule has 0 heterocycles. The normalized spacial score (nSPS) is 17.1. The Bertz CT molecular complexity index is 668. The fourth-order valence-electron chi connectivity index (χ4n) is 1.81. The zero-order valence-electron chi connectivity index (χ0n) is 23.6. The molecule has 0 saturated carbocycles. The van der Waals surface area contributed by atoms with E-state index in [2.05, 4.69) is 71.6 Å². The number of hydrogen-bond donors (Lipinski definition) is 0. The fourth-order valence-corrected chi connectivity index (χ4v) is 5.42. The molecule has 16 nitrogen and oxygen atoms in total. The van der Waals surface area contributed by atoms with Crippen molar-refractivity contribution >= 4 is 52.9 Å². The third kappa shape index (κ3) is 35.3. The van der Waals surface area contributed by atoms with Crippen LogP contribution in [0.2, 0.25) is 0 Å². The van der Waals surface area contributed by atoms with Gasteiger partial charge in [0.25, 0.3) is 31.3 Å². The molecule has 0 spiro atoms. The van der Waals surface area contributed by atoms with Gasteiger partial charge in [0, 0.05) is 39.9 Å². The van der Waals surface area contributed by atoms with Gasteiger partial charge in [-0.2, -0.15) is 0 Å². The minimum Gasteiger partial charge on any atom is -0.756 e. The first-order valence-electron chi connectivity index (χ1n) is 11.9. The quantitative estimate of drug-likeness (QED) is 0.0634. The fraction of sp³-hybridized carbons (Fsp3) is 1.00. The molecule has 0 radical (unpaired) electrons. The molecule has 246 valence electrons. The highest BCUT2D eigenvalue weighted by Crippen LogP contribution is 2.42. The first-order chi connectivity index (χ1) is 18.6. The lowest BCUT2D eigenvalue weighted by atomic mass is 10.2. The van der Waals surface area contributed by atoms with Gasteiger partial charge in [-0.1, -0.05) is 74.0 Å². The summed E-state index contributed by atoms with van der Waals surface area (Å²) in [5.74, 6) is 2.72. The molecule has 0 bridgehead atoms. The van der Waals surface area contributed by atoms with Crippen LogP contribution in [0.1, 0.15) is 65.2 Å². The van der Waals surface area contributed by atoms with Gasteiger partial charge in [-0.15, -0.1) is 0 Å². The van der Waals surface area contributed by atoms with E-state index in [9.17, 15) is 37.8 Å². The van der Waals surface area contributed by atoms with Crippen LogP contribution in [-0.2, 0) is 54.5 Å². The van der Waals surface area contributed by atoms with Gasteiger partial charge < -0.3 is 37.7 Å². The minimum atomic E-state index is -4.46. The van der Waals surface area contributed by atoms with Crippen molar-refractivity contribution in [3.8, 4) is 0 Å². The molecule has 0 aromatic carbocycles. The number of phosphoric acid groups is 4. The Morgan fingerprint density at radius 3 is 0.925 bits per heavy atom. The average molecular weight is 703 g/mol. The van der Waals surface area contributed by atoms with Gasteiger partial charge >= 0.3 is 0 Å². The van der Waals surface area contributed by atoms with E-state index in [1.807, 2.05) is 0 Å². The average Bonchev–Trinajstić information content (AvgIpc) is 2.90. The summed E-state index contributed by atoms with van der Waals surface area (Å²) in [4.78, 5) is 41.8. The van der Waals surface area contributed by atoms with Gasteiger partial charge in [-0.3, -0.25) is 36.4 Å². The number of rotatable bonds is 23. The van der Waals surface area contributed by atoms with Gasteiger partial charge in [0.1, 0.15) is 0 Å². The van der Waals surface area contributed by atoms with Crippen LogP contribution in [0.4, 0.5) is 0 Å². The Morgan fingerprint density at radius 2 is 0.725 bits per heavy atom. The second kappa shape index (κ2) is 27.7. The lowest BCUT2D eigenvalue weighted by molar-refractivity contribution is -0.244. The molecule has 0 saturated heterocycles. The van der Waals surface area contributed by atoms with E-state index in [1.165, 1.54) is 62.9 Å². The molecule has 0 N–H and O–H groups in total. The number of unbranched alkanes of at least 4 members (excludes halogenated alkanes) is 6. The number of phosphoric ester groups is 4. The molecular formula is C18H42O16P4S2-4. The summed E-state index contributed by atoms with van der Waals surface area (Å²) in [5, 5.41) is 0. The van der Waals surface area contributed by atoms with Crippen molar-refractivity contribution in [3.63, 3.8) is 0 Å². The molecule has 0 fully saturated rings. The summed E-state index contributed by atoms with van der Waals surface area (Å²) in [6.07, 6.45) is 11.2. The predicted molar refractivity (Wildman–Crippen MR) is 146 cm³/mol. The molecule has 40 heavy (non-hydrogen) atoms. The summed E-state index contributed by atoms with van der Waals surface area (Å²) >= 11 is 0. The van der Waals surface area contributed by atoms with Gasteiger partial charge in [0.2, 0.25) is 0 Å². The van der Waals surface area contributed by atoms with Crippen molar-refractivity contribution in [2.45, 2.75) is 65.2 Å². The van der Waals surface area contributed by atoms with Crippen molar-refractivity contribution < 1.29 is 74.0 Å². The molecule has 0 aromatic heterocycles. The highest BCUT2D eigenvalue weighted by Gasteiger charge is 2.11. The van der Waals surface area contributed by atoms with Crippen molar-refractivity contribution in [2.24, 2.45) is 0 Å². The summed E-state index contributed by atoms with van der Waals surface area (Å²) in [6.45, 7) is 2.53. The first-order valence-corrected chi connectivity index (χ1v) is 20.2. The third-order valence-electron chi connectivity index (χ3n) is 3.98. The smallest absolute Gasteiger partial charge is 0.269 e. The summed E-state index contributed by atoms with van der Waals surface area (Å²) in [7, 11) is -10.2. The minimum absolute atomic E-state index is 0.862. The predicted octanol–water partition coefficient (Wildman–Crippen LogP) is 3.94. The van der Waals surface area contributed by atoms with E-state index in [4.69, 9.17) is 0 Å². The molecule has 0 aliphatic heterocycles. The van der Waals surface area contributed by atoms with Crippen molar-refractivity contribution in [1.82, 2.24) is 0 Å². The zero-order valence-corrected chi connectivity index (χ0v) is 28.8. The van der Waals surface area contributed by atoms with E-state index in [0.717, 1.165) is 28.4 Å². The summed E-state index contributed by atoms with van der Waals surface area (Å²) < 4.78 is 72.9. The lowest BCUT2D eigenvalue weighted by Gasteiger charge is -2.24. The third-order valence-corrected chi connectivity index (χ3v) is 10.0. The van der Waals surface area contributed by atoms with Crippen LogP contribution in [0.3, 0.4) is 0 Å². The van der Waals surface area contributed by atoms with E-state index in [1.54, 1.807) is 0 Å². The van der Waals surface area contributed by atoms with Crippen LogP contribution in [0, 0.1) is 0 Å². The molecule has 0 aromatic rings. The molecule has 0 rings (SSSR count). The topological polar surface area (TPSA) is 234 Å². The Hall–Kier alpha value is 1.14. The Kier molecular flexibility index (Phi) is 31.5. The van der Waals surface area contributed by atoms with Crippen LogP contribution < -0.4 is 19.6 Å². The maximum atomic E-state index is 10.4. The van der Waals surface area contributed by atoms with Gasteiger partial charge in [-0.25, -0.2) is 0 Å². The lowest BCUT2D eigenvalue weighted by Crippen LogP contribution is -2.12. The maximum Gasteiger partial charge on any atom is 0.269 e. The van der Waals surface area contributed by atoms with E-state index in [0.29, 0.717) is 0 Å². The highest BCUT2D eigenvalue weighted by molar-refractivity contribution is 8.76. The number of hydrogen-bond acceptors (Lipinski definition) is 18. The van der Waals surface area contributed by atoms with Gasteiger partial charge in [-0.05, 0) is 12.8 Å². The van der Waals surface area contributed by atoms with E-state index >= 15 is 0 Å². The standard InChI is InChI=1S/C12H26S2.2C3H10O8P2/c1-3-5-7-9-11-13-14-12-10-8-6-4-2;2*1-8-12(4,5)10-3-11-13(6,7)9-2/h3-12H2,1-2H3;2*3H2,1-2H3,(H,4,5)(H,6,7)/p-4. The van der Waals surface area contributed by atoms with E-state index in [-0.39, 0.29) is 0 Å². The molecule has 0 amide bonds. The Morgan fingerprint density at radius 1 is 0.475 bits per heavy atom. The van der Waals surface area contributed by atoms with Crippen LogP contribution in [0.5, 0.6) is 0 Å². The Labute approximate surface area is 245 Å². The van der Waals surface area contributed by atoms with E-state index < -0.39 is 44.9 Å². The van der Waals surface area contributed by atoms with Crippen LogP contribution in [0.25, 0.3) is 0 Å². The van der Waals surface area contributed by atoms with Crippen molar-refractivity contribution in [3.05, 3.63) is 0 Å². The SMILES string of the molecule is CCCCCCSSCCCCCC.COP(=O)([O-])OCOP(=O)([O-])OC.COP(=O)([O-])OCOP(=O)([O-])OC. The van der Waals surface area contributed by atoms with Crippen LogP contribution in [-0.4, -0.2) is 53.5 Å². The second-order valence-corrected chi connectivity index (χ2v) is 15.8. The summed E-state index contributed by atoms with van der Waals surface area (Å²) in [6, 6.07) is 0. The molecule has 22 heteroatoms. The largest absolute Gasteiger partial charge is 0.756 e. The van der Waals surface area contributed by atoms with Crippen molar-refractivity contribution in [1.29, 1.82) is 0 Å².